The fourth-order valence-electron chi connectivity index (χ4n) is 3.80. The highest BCUT2D eigenvalue weighted by molar-refractivity contribution is 6.05. The Morgan fingerprint density at radius 2 is 1.06 bits per heavy atom. The maximum atomic E-state index is 13.2. The van der Waals surface area contributed by atoms with Crippen LogP contribution >= 0.6 is 0 Å². The van der Waals surface area contributed by atoms with E-state index in [9.17, 15) is 30.0 Å². The van der Waals surface area contributed by atoms with Crippen LogP contribution in [0.5, 0.6) is 11.5 Å². The lowest BCUT2D eigenvalue weighted by atomic mass is 9.79. The minimum absolute atomic E-state index is 0.127. The SMILES string of the molecule is CCC(CC)(C(=O)N[C@H](CO)Cc1ccc(O)cc1)C(=O)N[C@H](CO)Cc1ccc(O)cc1. The molecule has 8 heteroatoms. The predicted octanol–water partition coefficient (Wildman–Crippen LogP) is 1.64. The summed E-state index contributed by atoms with van der Waals surface area (Å²) in [7, 11) is 0. The quantitative estimate of drug-likeness (QED) is 0.267. The number of carbonyl (C=O) groups excluding carboxylic acids is 2. The van der Waals surface area contributed by atoms with Crippen LogP contribution in [0.3, 0.4) is 0 Å². The Hall–Kier alpha value is -3.10. The van der Waals surface area contributed by atoms with Crippen LogP contribution in [0.4, 0.5) is 0 Å². The third-order valence-corrected chi connectivity index (χ3v) is 6.02. The molecule has 2 aromatic rings. The molecule has 0 fully saturated rings. The highest BCUT2D eigenvalue weighted by atomic mass is 16.3. The van der Waals surface area contributed by atoms with Crippen LogP contribution in [-0.2, 0) is 22.4 Å². The third kappa shape index (κ3) is 6.94. The summed E-state index contributed by atoms with van der Waals surface area (Å²) in [4.78, 5) is 26.5. The van der Waals surface area contributed by atoms with Crippen molar-refractivity contribution in [3.05, 3.63) is 59.7 Å². The molecule has 0 aliphatic rings. The van der Waals surface area contributed by atoms with Gasteiger partial charge in [-0.1, -0.05) is 38.1 Å². The summed E-state index contributed by atoms with van der Waals surface area (Å²) in [6.07, 6.45) is 1.17. The van der Waals surface area contributed by atoms with Crippen molar-refractivity contribution in [1.82, 2.24) is 10.6 Å². The van der Waals surface area contributed by atoms with Gasteiger partial charge >= 0.3 is 0 Å². The molecule has 0 unspecified atom stereocenters. The van der Waals surface area contributed by atoms with Gasteiger partial charge in [-0.25, -0.2) is 0 Å². The molecule has 6 N–H and O–H groups in total. The van der Waals surface area contributed by atoms with E-state index in [0.29, 0.717) is 12.8 Å². The number of nitrogens with one attached hydrogen (secondary N) is 2. The lowest BCUT2D eigenvalue weighted by Gasteiger charge is -2.32. The molecule has 180 valence electrons. The van der Waals surface area contributed by atoms with Crippen LogP contribution in [0, 0.1) is 5.41 Å². The summed E-state index contributed by atoms with van der Waals surface area (Å²) < 4.78 is 0. The number of benzene rings is 2. The van der Waals surface area contributed by atoms with Crippen LogP contribution < -0.4 is 10.6 Å². The number of aliphatic hydroxyl groups is 2. The molecule has 0 radical (unpaired) electrons. The summed E-state index contributed by atoms with van der Waals surface area (Å²) in [5.74, 6) is -0.711. The van der Waals surface area contributed by atoms with Gasteiger partial charge in [-0.3, -0.25) is 9.59 Å². The Kier molecular flexibility index (Phi) is 9.69. The van der Waals surface area contributed by atoms with Gasteiger partial charge in [0.05, 0.1) is 25.3 Å². The monoisotopic (exact) mass is 458 g/mol. The van der Waals surface area contributed by atoms with Crippen molar-refractivity contribution < 1.29 is 30.0 Å². The second kappa shape index (κ2) is 12.2. The summed E-state index contributed by atoms with van der Waals surface area (Å²) >= 11 is 0. The molecule has 0 aliphatic carbocycles. The number of phenolic OH excluding ortho intramolecular Hbond substituents is 2. The minimum atomic E-state index is -1.36. The number of hydrogen-bond donors (Lipinski definition) is 6. The van der Waals surface area contributed by atoms with Gasteiger partial charge in [0.25, 0.3) is 0 Å². The fraction of sp³-hybridized carbons (Fsp3) is 0.440. The van der Waals surface area contributed by atoms with E-state index in [1.807, 2.05) is 0 Å². The number of aliphatic hydroxyl groups excluding tert-OH is 2. The highest BCUT2D eigenvalue weighted by Crippen LogP contribution is 2.28. The molecule has 0 heterocycles. The first-order valence-corrected chi connectivity index (χ1v) is 11.2. The van der Waals surface area contributed by atoms with E-state index in [2.05, 4.69) is 10.6 Å². The van der Waals surface area contributed by atoms with Crippen molar-refractivity contribution in [2.75, 3.05) is 13.2 Å². The lowest BCUT2D eigenvalue weighted by molar-refractivity contribution is -0.145. The number of aromatic hydroxyl groups is 2. The van der Waals surface area contributed by atoms with E-state index in [4.69, 9.17) is 0 Å². The normalized spacial score (nSPS) is 13.2. The van der Waals surface area contributed by atoms with E-state index in [1.165, 1.54) is 24.3 Å². The van der Waals surface area contributed by atoms with Gasteiger partial charge in [0, 0.05) is 0 Å². The van der Waals surface area contributed by atoms with E-state index in [0.717, 1.165) is 11.1 Å². The first-order chi connectivity index (χ1) is 15.8. The van der Waals surface area contributed by atoms with Crippen molar-refractivity contribution in [2.45, 2.75) is 51.6 Å². The molecular formula is C25H34N2O6. The Balaban J connectivity index is 2.10. The van der Waals surface area contributed by atoms with Crippen molar-refractivity contribution in [3.63, 3.8) is 0 Å². The largest absolute Gasteiger partial charge is 0.508 e. The zero-order chi connectivity index (χ0) is 24.4. The van der Waals surface area contributed by atoms with Gasteiger partial charge in [0.1, 0.15) is 16.9 Å². The van der Waals surface area contributed by atoms with E-state index >= 15 is 0 Å². The molecule has 0 saturated heterocycles. The van der Waals surface area contributed by atoms with Crippen molar-refractivity contribution in [2.24, 2.45) is 5.41 Å². The summed E-state index contributed by atoms with van der Waals surface area (Å²) in [5, 5.41) is 44.0. The molecule has 0 aliphatic heterocycles. The molecule has 8 nitrogen and oxygen atoms in total. The smallest absolute Gasteiger partial charge is 0.235 e. The van der Waals surface area contributed by atoms with Gasteiger partial charge in [-0.15, -0.1) is 0 Å². The van der Waals surface area contributed by atoms with Gasteiger partial charge in [-0.2, -0.15) is 0 Å². The maximum Gasteiger partial charge on any atom is 0.235 e. The lowest BCUT2D eigenvalue weighted by Crippen LogP contribution is -2.56. The Bertz CT molecular complexity index is 823. The molecule has 2 atom stereocenters. The Morgan fingerprint density at radius 3 is 1.33 bits per heavy atom. The predicted molar refractivity (Wildman–Crippen MR) is 125 cm³/mol. The number of phenols is 2. The van der Waals surface area contributed by atoms with Crippen LogP contribution in [0.2, 0.25) is 0 Å². The third-order valence-electron chi connectivity index (χ3n) is 6.02. The second-order valence-corrected chi connectivity index (χ2v) is 8.24. The van der Waals surface area contributed by atoms with Gasteiger partial charge in [0.15, 0.2) is 0 Å². The number of carbonyl (C=O) groups is 2. The molecule has 0 aromatic heterocycles. The second-order valence-electron chi connectivity index (χ2n) is 8.24. The zero-order valence-corrected chi connectivity index (χ0v) is 19.1. The standard InChI is InChI=1S/C25H34N2O6/c1-3-25(4-2,23(32)26-19(15-28)13-17-5-9-21(30)10-6-17)24(33)27-20(16-29)14-18-7-11-22(31)12-8-18/h5-12,19-20,28-31H,3-4,13-16H2,1-2H3,(H,26,32)(H,27,33)/t19-,20-/m0/s1. The van der Waals surface area contributed by atoms with E-state index in [1.54, 1.807) is 38.1 Å². The molecule has 0 spiro atoms. The number of rotatable bonds is 12. The fourth-order valence-corrected chi connectivity index (χ4v) is 3.80. The summed E-state index contributed by atoms with van der Waals surface area (Å²) in [6, 6.07) is 11.8. The maximum absolute atomic E-state index is 13.2. The first-order valence-electron chi connectivity index (χ1n) is 11.2. The van der Waals surface area contributed by atoms with Gasteiger partial charge < -0.3 is 31.1 Å². The molecule has 33 heavy (non-hydrogen) atoms. The average Bonchev–Trinajstić information content (AvgIpc) is 2.82. The van der Waals surface area contributed by atoms with Crippen LogP contribution in [-0.4, -0.2) is 57.5 Å². The minimum Gasteiger partial charge on any atom is -0.508 e. The number of hydrogen-bond acceptors (Lipinski definition) is 6. The summed E-state index contributed by atoms with van der Waals surface area (Å²) in [5.41, 5.74) is 0.291. The molecular weight excluding hydrogens is 424 g/mol. The van der Waals surface area contributed by atoms with E-state index < -0.39 is 29.3 Å². The topological polar surface area (TPSA) is 139 Å². The van der Waals surface area contributed by atoms with Crippen LogP contribution in [0.25, 0.3) is 0 Å². The number of amides is 2. The van der Waals surface area contributed by atoms with Crippen LogP contribution in [0.1, 0.15) is 37.8 Å². The Labute approximate surface area is 194 Å². The molecule has 0 bridgehead atoms. The average molecular weight is 459 g/mol. The zero-order valence-electron chi connectivity index (χ0n) is 19.1. The van der Waals surface area contributed by atoms with Gasteiger partial charge in [0.2, 0.25) is 11.8 Å². The molecule has 2 amide bonds. The van der Waals surface area contributed by atoms with Crippen molar-refractivity contribution >= 4 is 11.8 Å². The van der Waals surface area contributed by atoms with Crippen molar-refractivity contribution in [1.29, 1.82) is 0 Å². The van der Waals surface area contributed by atoms with Crippen molar-refractivity contribution in [3.8, 4) is 11.5 Å². The van der Waals surface area contributed by atoms with Crippen LogP contribution in [0.15, 0.2) is 48.5 Å². The van der Waals surface area contributed by atoms with E-state index in [-0.39, 0.29) is 37.6 Å². The van der Waals surface area contributed by atoms with Gasteiger partial charge in [-0.05, 0) is 61.1 Å². The summed E-state index contributed by atoms with van der Waals surface area (Å²) in [6.45, 7) is 2.89. The Morgan fingerprint density at radius 1 is 0.727 bits per heavy atom. The molecule has 2 rings (SSSR count). The molecule has 2 aromatic carbocycles. The first kappa shape index (κ1) is 26.2. The molecule has 0 saturated carbocycles. The highest BCUT2D eigenvalue weighted by Gasteiger charge is 2.43.